The van der Waals surface area contributed by atoms with E-state index in [0.717, 1.165) is 5.56 Å². The Bertz CT molecular complexity index is 1410. The van der Waals surface area contributed by atoms with Crippen LogP contribution in [0.3, 0.4) is 0 Å². The fraction of sp³-hybridized carbons (Fsp3) is 0.261. The summed E-state index contributed by atoms with van der Waals surface area (Å²) in [6.45, 7) is 1.41. The molecule has 0 atom stereocenters. The Morgan fingerprint density at radius 1 is 1.09 bits per heavy atom. The number of carbonyl (C=O) groups excluding carboxylic acids is 1. The van der Waals surface area contributed by atoms with Crippen LogP contribution in [-0.4, -0.2) is 53.8 Å². The predicted octanol–water partition coefficient (Wildman–Crippen LogP) is 2.49. The molecule has 1 fully saturated rings. The molecule has 3 heterocycles. The van der Waals surface area contributed by atoms with Crippen LogP contribution in [-0.2, 0) is 6.54 Å². The number of rotatable bonds is 5. The molecule has 4 aromatic rings. The number of likely N-dealkylation sites (tertiary alicyclic amines) is 1. The summed E-state index contributed by atoms with van der Waals surface area (Å²) in [7, 11) is 0. The molecule has 11 heteroatoms. The zero-order valence-electron chi connectivity index (χ0n) is 18.1. The van der Waals surface area contributed by atoms with Gasteiger partial charge in [0.2, 0.25) is 0 Å². The zero-order valence-corrected chi connectivity index (χ0v) is 18.1. The maximum atomic E-state index is 12.7. The number of H-pyrrole nitrogens is 1. The number of amides is 1. The van der Waals surface area contributed by atoms with Crippen molar-refractivity contribution in [1.82, 2.24) is 29.9 Å². The highest BCUT2D eigenvalue weighted by atomic mass is 16.6. The second-order valence-electron chi connectivity index (χ2n) is 8.23. The molecule has 11 nitrogen and oxygen atoms in total. The lowest BCUT2D eigenvalue weighted by atomic mass is 9.95. The number of aromatic amines is 1. The first-order valence-corrected chi connectivity index (χ1v) is 10.9. The van der Waals surface area contributed by atoms with Gasteiger partial charge in [0.1, 0.15) is 5.82 Å². The van der Waals surface area contributed by atoms with E-state index in [2.05, 4.69) is 20.3 Å². The van der Waals surface area contributed by atoms with Gasteiger partial charge in [-0.3, -0.25) is 19.7 Å². The zero-order chi connectivity index (χ0) is 23.7. The fourth-order valence-electron chi connectivity index (χ4n) is 4.20. The third-order valence-electron chi connectivity index (χ3n) is 6.06. The van der Waals surface area contributed by atoms with Crippen LogP contribution in [0, 0.1) is 10.1 Å². The van der Waals surface area contributed by atoms with Gasteiger partial charge in [0.05, 0.1) is 11.5 Å². The third kappa shape index (κ3) is 4.15. The first-order chi connectivity index (χ1) is 16.5. The molecule has 0 bridgehead atoms. The van der Waals surface area contributed by atoms with Crippen molar-refractivity contribution in [2.75, 3.05) is 13.1 Å². The summed E-state index contributed by atoms with van der Waals surface area (Å²) in [5, 5.41) is 18.9. The fourth-order valence-corrected chi connectivity index (χ4v) is 4.20. The van der Waals surface area contributed by atoms with Gasteiger partial charge in [-0.15, -0.1) is 5.10 Å². The highest BCUT2D eigenvalue weighted by Gasteiger charge is 2.27. The maximum Gasteiger partial charge on any atom is 0.281 e. The molecule has 172 valence electrons. The number of aromatic nitrogens is 5. The van der Waals surface area contributed by atoms with Crippen molar-refractivity contribution in [3.63, 3.8) is 0 Å². The van der Waals surface area contributed by atoms with E-state index in [4.69, 9.17) is 0 Å². The van der Waals surface area contributed by atoms with Crippen LogP contribution in [0.2, 0.25) is 0 Å². The lowest BCUT2D eigenvalue weighted by Crippen LogP contribution is -2.38. The quantitative estimate of drug-likeness (QED) is 0.357. The van der Waals surface area contributed by atoms with E-state index in [1.54, 1.807) is 24.3 Å². The second kappa shape index (κ2) is 8.85. The first-order valence-electron chi connectivity index (χ1n) is 10.9. The Morgan fingerprint density at radius 2 is 1.79 bits per heavy atom. The number of benzene rings is 2. The summed E-state index contributed by atoms with van der Waals surface area (Å²) in [4.78, 5) is 45.1. The van der Waals surface area contributed by atoms with Crippen LogP contribution in [0.25, 0.3) is 11.2 Å². The highest BCUT2D eigenvalue weighted by molar-refractivity contribution is 5.94. The van der Waals surface area contributed by atoms with Crippen LogP contribution in [0.1, 0.15) is 40.5 Å². The minimum Gasteiger partial charge on any atom is -0.339 e. The largest absolute Gasteiger partial charge is 0.339 e. The number of nitrogens with one attached hydrogen (secondary N) is 1. The van der Waals surface area contributed by atoms with E-state index in [1.807, 2.05) is 23.1 Å². The van der Waals surface area contributed by atoms with Crippen molar-refractivity contribution in [2.45, 2.75) is 25.3 Å². The lowest BCUT2D eigenvalue weighted by molar-refractivity contribution is -0.384. The Labute approximate surface area is 193 Å². The average Bonchev–Trinajstić information content (AvgIpc) is 3.27. The number of hydrogen-bond donors (Lipinski definition) is 1. The summed E-state index contributed by atoms with van der Waals surface area (Å²) in [5.41, 5.74) is 1.57. The number of piperidine rings is 1. The lowest BCUT2D eigenvalue weighted by Gasteiger charge is -2.31. The van der Waals surface area contributed by atoms with E-state index >= 15 is 0 Å². The molecule has 5 rings (SSSR count). The van der Waals surface area contributed by atoms with Crippen molar-refractivity contribution in [1.29, 1.82) is 0 Å². The Balaban J connectivity index is 1.34. The van der Waals surface area contributed by atoms with Gasteiger partial charge in [-0.1, -0.05) is 35.5 Å². The second-order valence-corrected chi connectivity index (χ2v) is 8.23. The number of carbonyl (C=O) groups is 1. The molecule has 2 aromatic carbocycles. The molecule has 1 amide bonds. The molecule has 1 saturated heterocycles. The van der Waals surface area contributed by atoms with Gasteiger partial charge in [-0.2, -0.15) is 0 Å². The Morgan fingerprint density at radius 3 is 2.47 bits per heavy atom. The molecule has 0 spiro atoms. The molecule has 34 heavy (non-hydrogen) atoms. The number of nitro groups is 1. The Hall–Kier alpha value is -4.41. The molecule has 0 radical (unpaired) electrons. The molecule has 1 aliphatic heterocycles. The van der Waals surface area contributed by atoms with Crippen molar-refractivity contribution in [3.8, 4) is 0 Å². The normalized spacial score (nSPS) is 14.4. The number of nitrogens with zero attached hydrogens (tertiary/aromatic N) is 6. The summed E-state index contributed by atoms with van der Waals surface area (Å²) in [5.74, 6) is 0.553. The topological polar surface area (TPSA) is 140 Å². The molecule has 1 aliphatic rings. The van der Waals surface area contributed by atoms with Gasteiger partial charge in [0.25, 0.3) is 17.2 Å². The highest BCUT2D eigenvalue weighted by Crippen LogP contribution is 2.26. The van der Waals surface area contributed by atoms with E-state index in [1.165, 1.54) is 16.8 Å². The van der Waals surface area contributed by atoms with Gasteiger partial charge in [-0.25, -0.2) is 9.67 Å². The van der Waals surface area contributed by atoms with E-state index in [0.29, 0.717) is 43.0 Å². The number of nitro benzene ring substituents is 1. The average molecular weight is 459 g/mol. The summed E-state index contributed by atoms with van der Waals surface area (Å²) >= 11 is 0. The van der Waals surface area contributed by atoms with E-state index in [9.17, 15) is 19.7 Å². The van der Waals surface area contributed by atoms with Gasteiger partial charge >= 0.3 is 0 Å². The Kier molecular flexibility index (Phi) is 5.58. The van der Waals surface area contributed by atoms with Crippen molar-refractivity contribution < 1.29 is 9.72 Å². The maximum absolute atomic E-state index is 12.7. The molecule has 1 N–H and O–H groups in total. The molecule has 0 unspecified atom stereocenters. The van der Waals surface area contributed by atoms with Crippen LogP contribution in [0.15, 0.2) is 59.4 Å². The molecular formula is C23H21N7O4. The van der Waals surface area contributed by atoms with Gasteiger partial charge in [-0.05, 0) is 30.5 Å². The monoisotopic (exact) mass is 459 g/mol. The van der Waals surface area contributed by atoms with Crippen molar-refractivity contribution in [3.05, 3.63) is 92.0 Å². The number of fused-ring (bicyclic) bond motifs is 1. The van der Waals surface area contributed by atoms with Crippen LogP contribution in [0.5, 0.6) is 0 Å². The molecular weight excluding hydrogens is 438 g/mol. The van der Waals surface area contributed by atoms with Crippen molar-refractivity contribution in [2.24, 2.45) is 0 Å². The van der Waals surface area contributed by atoms with E-state index in [-0.39, 0.29) is 35.1 Å². The minimum absolute atomic E-state index is 0.000326. The van der Waals surface area contributed by atoms with Crippen LogP contribution < -0.4 is 5.56 Å². The predicted molar refractivity (Wildman–Crippen MR) is 122 cm³/mol. The first kappa shape index (κ1) is 21.4. The smallest absolute Gasteiger partial charge is 0.281 e. The summed E-state index contributed by atoms with van der Waals surface area (Å²) in [6, 6.07) is 15.3. The van der Waals surface area contributed by atoms with Gasteiger partial charge < -0.3 is 9.88 Å². The summed E-state index contributed by atoms with van der Waals surface area (Å²) in [6.07, 6.45) is 1.36. The molecule has 2 aromatic heterocycles. The molecule has 0 saturated carbocycles. The summed E-state index contributed by atoms with van der Waals surface area (Å²) < 4.78 is 1.52. The third-order valence-corrected chi connectivity index (χ3v) is 6.06. The van der Waals surface area contributed by atoms with Crippen LogP contribution in [0.4, 0.5) is 5.69 Å². The minimum atomic E-state index is -0.458. The number of hydrogen-bond acceptors (Lipinski definition) is 7. The van der Waals surface area contributed by atoms with E-state index < -0.39 is 4.92 Å². The van der Waals surface area contributed by atoms with Gasteiger partial charge in [0.15, 0.2) is 11.2 Å². The standard InChI is InChI=1S/C23H21N7O4/c31-22-19-21(29(27-26-19)14-15-6-8-18(9-7-15)30(33)34)24-20(25-22)16-10-12-28(13-11-16)23(32)17-4-2-1-3-5-17/h1-9,16H,10-14H2,(H,24,25,31). The number of non-ortho nitro benzene ring substituents is 1. The van der Waals surface area contributed by atoms with Crippen molar-refractivity contribution >= 4 is 22.8 Å². The van der Waals surface area contributed by atoms with Crippen LogP contribution >= 0.6 is 0 Å². The molecule has 0 aliphatic carbocycles. The SMILES string of the molecule is O=C(c1ccccc1)N1CCC(c2nc3c(nnn3Cc3ccc([N+](=O)[O-])cc3)c(=O)[nH]2)CC1. The van der Waals surface area contributed by atoms with Gasteiger partial charge in [0, 0.05) is 36.7 Å².